The molecular formula is C22H30N4O2. The second kappa shape index (κ2) is 8.03. The van der Waals surface area contributed by atoms with Gasteiger partial charge in [-0.2, -0.15) is 5.10 Å². The molecule has 0 unspecified atom stereocenters. The van der Waals surface area contributed by atoms with Crippen molar-refractivity contribution in [2.75, 3.05) is 39.8 Å². The van der Waals surface area contributed by atoms with Crippen molar-refractivity contribution in [2.24, 2.45) is 10.5 Å². The van der Waals surface area contributed by atoms with Gasteiger partial charge in [0.25, 0.3) is 5.91 Å². The summed E-state index contributed by atoms with van der Waals surface area (Å²) in [5.41, 5.74) is 2.15. The van der Waals surface area contributed by atoms with E-state index in [0.717, 1.165) is 45.6 Å². The van der Waals surface area contributed by atoms with Gasteiger partial charge in [0.2, 0.25) is 5.91 Å². The number of nitrogens with zero attached hydrogens (tertiary/aromatic N) is 4. The molecule has 1 atom stereocenters. The van der Waals surface area contributed by atoms with E-state index in [1.807, 2.05) is 4.90 Å². The molecule has 0 radical (unpaired) electrons. The predicted octanol–water partition coefficient (Wildman–Crippen LogP) is 2.15. The highest BCUT2D eigenvalue weighted by Gasteiger charge is 2.43. The molecule has 2 fully saturated rings. The molecule has 6 nitrogen and oxygen atoms in total. The van der Waals surface area contributed by atoms with Gasteiger partial charge in [-0.1, -0.05) is 30.3 Å². The normalized spacial score (nSPS) is 26.0. The molecule has 2 saturated heterocycles. The van der Waals surface area contributed by atoms with Gasteiger partial charge < -0.3 is 9.80 Å². The molecule has 4 rings (SSSR count). The van der Waals surface area contributed by atoms with Gasteiger partial charge in [0, 0.05) is 51.5 Å². The minimum absolute atomic E-state index is 0.0178. The summed E-state index contributed by atoms with van der Waals surface area (Å²) >= 11 is 0. The van der Waals surface area contributed by atoms with E-state index in [2.05, 4.69) is 40.3 Å². The Morgan fingerprint density at radius 3 is 2.71 bits per heavy atom. The van der Waals surface area contributed by atoms with Crippen LogP contribution in [0.5, 0.6) is 0 Å². The number of hydrogen-bond acceptors (Lipinski definition) is 4. The summed E-state index contributed by atoms with van der Waals surface area (Å²) in [5.74, 6) is 0.00779. The number of benzene rings is 1. The summed E-state index contributed by atoms with van der Waals surface area (Å²) in [6.45, 7) is 4.95. The van der Waals surface area contributed by atoms with Gasteiger partial charge in [0.1, 0.15) is 5.71 Å². The maximum Gasteiger partial charge on any atom is 0.270 e. The lowest BCUT2D eigenvalue weighted by atomic mass is 9.79. The van der Waals surface area contributed by atoms with Crippen LogP contribution in [0, 0.1) is 5.41 Å². The molecule has 150 valence electrons. The first kappa shape index (κ1) is 19.1. The topological polar surface area (TPSA) is 56.2 Å². The van der Waals surface area contributed by atoms with E-state index >= 15 is 0 Å². The largest absolute Gasteiger partial charge is 0.337 e. The third-order valence-corrected chi connectivity index (χ3v) is 6.48. The van der Waals surface area contributed by atoms with Crippen LogP contribution in [-0.4, -0.2) is 72.1 Å². The van der Waals surface area contributed by atoms with E-state index in [1.165, 1.54) is 23.4 Å². The molecule has 1 spiro atoms. The zero-order valence-corrected chi connectivity index (χ0v) is 16.8. The van der Waals surface area contributed by atoms with E-state index in [4.69, 9.17) is 0 Å². The van der Waals surface area contributed by atoms with Crippen molar-refractivity contribution in [1.29, 1.82) is 0 Å². The summed E-state index contributed by atoms with van der Waals surface area (Å²) in [5, 5.41) is 5.53. The number of piperidine rings is 1. The van der Waals surface area contributed by atoms with Crippen molar-refractivity contribution in [2.45, 2.75) is 38.5 Å². The van der Waals surface area contributed by atoms with Crippen LogP contribution in [0.3, 0.4) is 0 Å². The van der Waals surface area contributed by atoms with Gasteiger partial charge in [0.15, 0.2) is 0 Å². The van der Waals surface area contributed by atoms with E-state index in [9.17, 15) is 9.59 Å². The second-order valence-electron chi connectivity index (χ2n) is 8.56. The first-order valence-corrected chi connectivity index (χ1v) is 10.4. The van der Waals surface area contributed by atoms with Gasteiger partial charge in [-0.15, -0.1) is 0 Å². The number of carbonyl (C=O) groups excluding carboxylic acids is 2. The fourth-order valence-electron chi connectivity index (χ4n) is 4.88. The monoisotopic (exact) mass is 382 g/mol. The number of likely N-dealkylation sites (tertiary alicyclic amines) is 2. The maximum atomic E-state index is 12.9. The van der Waals surface area contributed by atoms with Crippen LogP contribution in [0.25, 0.3) is 0 Å². The quantitative estimate of drug-likeness (QED) is 0.802. The van der Waals surface area contributed by atoms with Crippen LogP contribution in [0.4, 0.5) is 0 Å². The summed E-state index contributed by atoms with van der Waals surface area (Å²) < 4.78 is 0. The molecule has 3 aliphatic rings. The average Bonchev–Trinajstić information content (AvgIpc) is 3.12. The second-order valence-corrected chi connectivity index (χ2v) is 8.56. The van der Waals surface area contributed by atoms with E-state index in [1.54, 1.807) is 7.05 Å². The Labute approximate surface area is 167 Å². The van der Waals surface area contributed by atoms with Gasteiger partial charge in [-0.25, -0.2) is 5.01 Å². The number of hydrazone groups is 1. The maximum absolute atomic E-state index is 12.9. The van der Waals surface area contributed by atoms with Crippen molar-refractivity contribution >= 4 is 17.5 Å². The minimum atomic E-state index is -0.0178. The average molecular weight is 383 g/mol. The van der Waals surface area contributed by atoms with Crippen LogP contribution in [0.1, 0.15) is 37.7 Å². The van der Waals surface area contributed by atoms with Gasteiger partial charge in [-0.05, 0) is 37.8 Å². The van der Waals surface area contributed by atoms with Gasteiger partial charge in [0.05, 0.1) is 0 Å². The number of carbonyl (C=O) groups is 2. The molecule has 2 amide bonds. The Balaban J connectivity index is 1.35. The minimum Gasteiger partial charge on any atom is -0.337 e. The number of rotatable bonds is 4. The summed E-state index contributed by atoms with van der Waals surface area (Å²) in [4.78, 5) is 29.1. The molecule has 1 aromatic carbocycles. The van der Waals surface area contributed by atoms with Gasteiger partial charge in [-0.3, -0.25) is 9.59 Å². The third kappa shape index (κ3) is 4.12. The Kier molecular flexibility index (Phi) is 5.49. The molecule has 6 heteroatoms. The Morgan fingerprint density at radius 2 is 1.93 bits per heavy atom. The molecule has 3 heterocycles. The van der Waals surface area contributed by atoms with Crippen molar-refractivity contribution in [3.05, 3.63) is 35.9 Å². The zero-order chi connectivity index (χ0) is 19.6. The van der Waals surface area contributed by atoms with Gasteiger partial charge >= 0.3 is 0 Å². The Bertz CT molecular complexity index is 763. The SMILES string of the molecule is CN1N=C(C(=O)N2CC[C@@]3(CCCN(CCc4ccccc4)C3)C2)CCC1=O. The molecule has 0 N–H and O–H groups in total. The lowest BCUT2D eigenvalue weighted by Crippen LogP contribution is -2.47. The molecule has 1 aromatic rings. The van der Waals surface area contributed by atoms with Crippen LogP contribution < -0.4 is 0 Å². The standard InChI is InChI=1S/C22H30N4O2/c1-24-20(27)9-8-19(23-24)21(28)26-15-12-22(17-26)11-5-13-25(16-22)14-10-18-6-3-2-4-7-18/h2-4,6-7H,5,8-17H2,1H3/t22-/m1/s1. The fourth-order valence-corrected chi connectivity index (χ4v) is 4.88. The lowest BCUT2D eigenvalue weighted by Gasteiger charge is -2.40. The van der Waals surface area contributed by atoms with Crippen LogP contribution in [0.15, 0.2) is 35.4 Å². The third-order valence-electron chi connectivity index (χ3n) is 6.48. The molecule has 3 aliphatic heterocycles. The molecular weight excluding hydrogens is 352 g/mol. The van der Waals surface area contributed by atoms with Crippen molar-refractivity contribution < 1.29 is 9.59 Å². The zero-order valence-electron chi connectivity index (χ0n) is 16.8. The van der Waals surface area contributed by atoms with E-state index in [0.29, 0.717) is 18.6 Å². The van der Waals surface area contributed by atoms with Crippen molar-refractivity contribution in [1.82, 2.24) is 14.8 Å². The summed E-state index contributed by atoms with van der Waals surface area (Å²) in [6, 6.07) is 10.7. The number of hydrogen-bond donors (Lipinski definition) is 0. The van der Waals surface area contributed by atoms with E-state index < -0.39 is 0 Å². The molecule has 0 aliphatic carbocycles. The first-order chi connectivity index (χ1) is 13.5. The molecule has 0 aromatic heterocycles. The number of amides is 2. The lowest BCUT2D eigenvalue weighted by molar-refractivity contribution is -0.130. The Morgan fingerprint density at radius 1 is 1.11 bits per heavy atom. The summed E-state index contributed by atoms with van der Waals surface area (Å²) in [6.07, 6.45) is 5.40. The fraction of sp³-hybridized carbons (Fsp3) is 0.591. The van der Waals surface area contributed by atoms with Crippen LogP contribution in [-0.2, 0) is 16.0 Å². The van der Waals surface area contributed by atoms with Crippen molar-refractivity contribution in [3.63, 3.8) is 0 Å². The van der Waals surface area contributed by atoms with E-state index in [-0.39, 0.29) is 17.2 Å². The highest BCUT2D eigenvalue weighted by atomic mass is 16.2. The smallest absolute Gasteiger partial charge is 0.270 e. The predicted molar refractivity (Wildman–Crippen MR) is 109 cm³/mol. The molecule has 0 bridgehead atoms. The first-order valence-electron chi connectivity index (χ1n) is 10.4. The van der Waals surface area contributed by atoms with Crippen LogP contribution >= 0.6 is 0 Å². The highest BCUT2D eigenvalue weighted by molar-refractivity contribution is 6.39. The van der Waals surface area contributed by atoms with Crippen LogP contribution in [0.2, 0.25) is 0 Å². The molecule has 0 saturated carbocycles. The van der Waals surface area contributed by atoms with Crippen molar-refractivity contribution in [3.8, 4) is 0 Å². The Hall–Kier alpha value is -2.21. The highest BCUT2D eigenvalue weighted by Crippen LogP contribution is 2.39. The molecule has 28 heavy (non-hydrogen) atoms. The summed E-state index contributed by atoms with van der Waals surface area (Å²) in [7, 11) is 1.63.